The van der Waals surface area contributed by atoms with Crippen LogP contribution in [0.25, 0.3) is 0 Å². The second kappa shape index (κ2) is 5.66. The van der Waals surface area contributed by atoms with Gasteiger partial charge in [0.05, 0.1) is 12.8 Å². The molecule has 0 unspecified atom stereocenters. The van der Waals surface area contributed by atoms with Crippen molar-refractivity contribution in [3.05, 3.63) is 59.0 Å². The quantitative estimate of drug-likeness (QED) is 0.928. The van der Waals surface area contributed by atoms with Gasteiger partial charge in [0.15, 0.2) is 0 Å². The third-order valence-corrected chi connectivity index (χ3v) is 3.92. The van der Waals surface area contributed by atoms with Gasteiger partial charge in [-0.25, -0.2) is 0 Å². The largest absolute Gasteiger partial charge is 0.468 e. The molecule has 1 N–H and O–H groups in total. The van der Waals surface area contributed by atoms with Crippen molar-refractivity contribution in [1.29, 1.82) is 0 Å². The third-order valence-electron chi connectivity index (χ3n) is 3.92. The third kappa shape index (κ3) is 3.55. The van der Waals surface area contributed by atoms with E-state index in [-0.39, 0.29) is 5.54 Å². The van der Waals surface area contributed by atoms with Gasteiger partial charge in [-0.05, 0) is 38.0 Å². The molecule has 3 heteroatoms. The van der Waals surface area contributed by atoms with Crippen LogP contribution in [0, 0.1) is 0 Å². The number of hydrogen-bond acceptors (Lipinski definition) is 3. The van der Waals surface area contributed by atoms with Crippen LogP contribution in [0.1, 0.15) is 43.2 Å². The van der Waals surface area contributed by atoms with Crippen LogP contribution in [-0.4, -0.2) is 10.4 Å². The highest BCUT2D eigenvalue weighted by atomic mass is 16.3. The molecule has 0 radical (unpaired) electrons. The maximum absolute atomic E-state index is 5.66. The molecule has 2 heterocycles. The Kier molecular flexibility index (Phi) is 3.87. The number of furan rings is 1. The molecule has 1 aromatic carbocycles. The number of rotatable bonds is 4. The van der Waals surface area contributed by atoms with Gasteiger partial charge in [0.2, 0.25) is 0 Å². The fraction of sp³-hybridized carbons (Fsp3) is 0.444. The average Bonchev–Trinajstić information content (AvgIpc) is 3.01. The lowest BCUT2D eigenvalue weighted by atomic mass is 10.1. The number of fused-ring (bicyclic) bond motifs is 1. The van der Waals surface area contributed by atoms with E-state index in [1.165, 1.54) is 16.7 Å². The molecule has 1 aliphatic heterocycles. The summed E-state index contributed by atoms with van der Waals surface area (Å²) in [4.78, 5) is 2.47. The van der Waals surface area contributed by atoms with E-state index in [9.17, 15) is 0 Å². The molecule has 1 aromatic heterocycles. The first-order valence-electron chi connectivity index (χ1n) is 7.61. The first-order chi connectivity index (χ1) is 10.0. The maximum atomic E-state index is 5.66. The molecule has 3 nitrogen and oxygen atoms in total. The Hall–Kier alpha value is -1.58. The molecular weight excluding hydrogens is 260 g/mol. The van der Waals surface area contributed by atoms with Crippen molar-refractivity contribution in [3.8, 4) is 0 Å². The minimum absolute atomic E-state index is 0.105. The Labute approximate surface area is 127 Å². The molecule has 0 aliphatic carbocycles. The van der Waals surface area contributed by atoms with E-state index in [4.69, 9.17) is 4.42 Å². The molecule has 0 amide bonds. The molecule has 0 atom stereocenters. The molecule has 0 bridgehead atoms. The zero-order chi connectivity index (χ0) is 14.9. The average molecular weight is 284 g/mol. The molecule has 1 aliphatic rings. The topological polar surface area (TPSA) is 28.4 Å². The van der Waals surface area contributed by atoms with Crippen LogP contribution < -0.4 is 5.32 Å². The Morgan fingerprint density at radius 3 is 2.38 bits per heavy atom. The lowest BCUT2D eigenvalue weighted by Crippen LogP contribution is -2.35. The fourth-order valence-electron chi connectivity index (χ4n) is 2.76. The van der Waals surface area contributed by atoms with E-state index in [0.717, 1.165) is 31.9 Å². The van der Waals surface area contributed by atoms with Crippen molar-refractivity contribution in [2.45, 2.75) is 52.5 Å². The number of nitrogens with zero attached hydrogens (tertiary/aromatic N) is 1. The summed E-state index contributed by atoms with van der Waals surface area (Å²) >= 11 is 0. The van der Waals surface area contributed by atoms with Gasteiger partial charge in [0, 0.05) is 30.7 Å². The second-order valence-corrected chi connectivity index (χ2v) is 6.89. The Bertz CT molecular complexity index is 585. The normalized spacial score (nSPS) is 15.4. The number of benzene rings is 1. The smallest absolute Gasteiger partial charge is 0.122 e. The first kappa shape index (κ1) is 14.4. The summed E-state index contributed by atoms with van der Waals surface area (Å²) in [7, 11) is 0. The van der Waals surface area contributed by atoms with Crippen LogP contribution in [-0.2, 0) is 26.2 Å². The predicted octanol–water partition coefficient (Wildman–Crippen LogP) is 3.68. The summed E-state index contributed by atoms with van der Waals surface area (Å²) in [5, 5.41) is 3.49. The summed E-state index contributed by atoms with van der Waals surface area (Å²) in [6, 6.07) is 10.8. The van der Waals surface area contributed by atoms with Gasteiger partial charge in [0.1, 0.15) is 5.76 Å². The Balaban J connectivity index is 1.63. The van der Waals surface area contributed by atoms with Crippen molar-refractivity contribution < 1.29 is 4.42 Å². The summed E-state index contributed by atoms with van der Waals surface area (Å²) in [5.74, 6) is 1.06. The van der Waals surface area contributed by atoms with Crippen molar-refractivity contribution in [1.82, 2.24) is 10.2 Å². The summed E-state index contributed by atoms with van der Waals surface area (Å²) in [6.07, 6.45) is 1.80. The fourth-order valence-corrected chi connectivity index (χ4v) is 2.76. The van der Waals surface area contributed by atoms with Gasteiger partial charge < -0.3 is 9.73 Å². The standard InChI is InChI=1S/C18H24N2O/c1-18(2,3)19-10-17-16(8-9-21-17)13-20-11-14-6-4-5-7-15(14)12-20/h4-9,19H,10-13H2,1-3H3. The molecule has 0 spiro atoms. The molecule has 0 fully saturated rings. The minimum Gasteiger partial charge on any atom is -0.468 e. The van der Waals surface area contributed by atoms with Gasteiger partial charge >= 0.3 is 0 Å². The molecular formula is C18H24N2O. The van der Waals surface area contributed by atoms with E-state index in [2.05, 4.69) is 61.3 Å². The molecule has 112 valence electrons. The van der Waals surface area contributed by atoms with Crippen molar-refractivity contribution in [3.63, 3.8) is 0 Å². The van der Waals surface area contributed by atoms with Crippen molar-refractivity contribution >= 4 is 0 Å². The summed E-state index contributed by atoms with van der Waals surface area (Å²) < 4.78 is 5.66. The zero-order valence-electron chi connectivity index (χ0n) is 13.1. The van der Waals surface area contributed by atoms with E-state index >= 15 is 0 Å². The SMILES string of the molecule is CC(C)(C)NCc1occc1CN1Cc2ccccc2C1. The molecule has 0 saturated heterocycles. The van der Waals surface area contributed by atoms with E-state index < -0.39 is 0 Å². The van der Waals surface area contributed by atoms with Crippen LogP contribution in [0.2, 0.25) is 0 Å². The number of nitrogens with one attached hydrogen (secondary N) is 1. The summed E-state index contributed by atoms with van der Waals surface area (Å²) in [5.41, 5.74) is 4.30. The van der Waals surface area contributed by atoms with E-state index in [1.807, 2.05) is 0 Å². The minimum atomic E-state index is 0.105. The first-order valence-corrected chi connectivity index (χ1v) is 7.61. The van der Waals surface area contributed by atoms with Crippen LogP contribution in [0.3, 0.4) is 0 Å². The Morgan fingerprint density at radius 2 is 1.76 bits per heavy atom. The molecule has 21 heavy (non-hydrogen) atoms. The summed E-state index contributed by atoms with van der Waals surface area (Å²) in [6.45, 7) is 10.3. The lowest BCUT2D eigenvalue weighted by Gasteiger charge is -2.20. The highest BCUT2D eigenvalue weighted by Gasteiger charge is 2.20. The van der Waals surface area contributed by atoms with Crippen molar-refractivity contribution in [2.24, 2.45) is 0 Å². The zero-order valence-corrected chi connectivity index (χ0v) is 13.1. The number of hydrogen-bond donors (Lipinski definition) is 1. The van der Waals surface area contributed by atoms with Crippen LogP contribution in [0.5, 0.6) is 0 Å². The molecule has 2 aromatic rings. The van der Waals surface area contributed by atoms with Gasteiger partial charge in [-0.1, -0.05) is 24.3 Å². The second-order valence-electron chi connectivity index (χ2n) is 6.89. The lowest BCUT2D eigenvalue weighted by molar-refractivity contribution is 0.271. The van der Waals surface area contributed by atoms with E-state index in [0.29, 0.717) is 0 Å². The van der Waals surface area contributed by atoms with Gasteiger partial charge in [0.25, 0.3) is 0 Å². The monoisotopic (exact) mass is 284 g/mol. The Morgan fingerprint density at radius 1 is 1.10 bits per heavy atom. The highest BCUT2D eigenvalue weighted by Crippen LogP contribution is 2.25. The van der Waals surface area contributed by atoms with Gasteiger partial charge in [-0.3, -0.25) is 4.90 Å². The van der Waals surface area contributed by atoms with Crippen LogP contribution in [0.4, 0.5) is 0 Å². The van der Waals surface area contributed by atoms with Gasteiger partial charge in [-0.2, -0.15) is 0 Å². The van der Waals surface area contributed by atoms with Crippen LogP contribution >= 0.6 is 0 Å². The molecule has 3 rings (SSSR count). The maximum Gasteiger partial charge on any atom is 0.122 e. The van der Waals surface area contributed by atoms with E-state index in [1.54, 1.807) is 6.26 Å². The van der Waals surface area contributed by atoms with Crippen LogP contribution in [0.15, 0.2) is 41.0 Å². The highest BCUT2D eigenvalue weighted by molar-refractivity contribution is 5.30. The van der Waals surface area contributed by atoms with Crippen molar-refractivity contribution in [2.75, 3.05) is 0 Å². The molecule has 0 saturated carbocycles. The predicted molar refractivity (Wildman–Crippen MR) is 84.7 cm³/mol. The van der Waals surface area contributed by atoms with Gasteiger partial charge in [-0.15, -0.1) is 0 Å².